The molecular formula is C24H18ClNO5. The lowest BCUT2D eigenvalue weighted by atomic mass is 10.1. The molecule has 0 spiro atoms. The predicted molar refractivity (Wildman–Crippen MR) is 115 cm³/mol. The molecule has 0 saturated heterocycles. The van der Waals surface area contributed by atoms with E-state index in [1.807, 2.05) is 6.07 Å². The van der Waals surface area contributed by atoms with Gasteiger partial charge in [-0.05, 0) is 30.3 Å². The van der Waals surface area contributed by atoms with Crippen LogP contribution in [0.2, 0.25) is 5.02 Å². The molecule has 0 aliphatic carbocycles. The molecule has 0 radical (unpaired) electrons. The zero-order valence-corrected chi connectivity index (χ0v) is 17.3. The number of ether oxygens (including phenoxy) is 2. The van der Waals surface area contributed by atoms with Gasteiger partial charge in [0.15, 0.2) is 5.78 Å². The first-order valence-electron chi connectivity index (χ1n) is 9.52. The van der Waals surface area contributed by atoms with Crippen LogP contribution in [0.15, 0.2) is 72.8 Å². The molecule has 7 heteroatoms. The van der Waals surface area contributed by atoms with E-state index in [4.69, 9.17) is 21.1 Å². The van der Waals surface area contributed by atoms with Crippen LogP contribution in [0.4, 0.5) is 0 Å². The van der Waals surface area contributed by atoms with Gasteiger partial charge in [-0.3, -0.25) is 19.3 Å². The third kappa shape index (κ3) is 4.02. The molecule has 0 unspecified atom stereocenters. The molecule has 1 aliphatic rings. The number of imide groups is 1. The maximum Gasteiger partial charge on any atom is 0.275 e. The molecule has 0 aromatic heterocycles. The number of rotatable bonds is 5. The second kappa shape index (κ2) is 8.62. The molecule has 0 bridgehead atoms. The first-order chi connectivity index (χ1) is 15.0. The number of halogens is 1. The van der Waals surface area contributed by atoms with Gasteiger partial charge in [-0.2, -0.15) is 0 Å². The smallest absolute Gasteiger partial charge is 0.275 e. The SMILES string of the molecule is COc1ccc(C(=O)CN2C(=O)c3ccccc3O[C@@H](c3ccccc3)C2=O)cc1Cl. The van der Waals surface area contributed by atoms with Gasteiger partial charge in [-0.25, -0.2) is 0 Å². The number of methoxy groups -OCH3 is 1. The van der Waals surface area contributed by atoms with Crippen molar-refractivity contribution in [3.05, 3.63) is 94.5 Å². The first kappa shape index (κ1) is 20.6. The summed E-state index contributed by atoms with van der Waals surface area (Å²) >= 11 is 6.13. The third-order valence-corrected chi connectivity index (χ3v) is 5.27. The van der Waals surface area contributed by atoms with Gasteiger partial charge in [-0.1, -0.05) is 54.1 Å². The van der Waals surface area contributed by atoms with Crippen LogP contribution >= 0.6 is 11.6 Å². The van der Waals surface area contributed by atoms with E-state index in [-0.39, 0.29) is 21.9 Å². The van der Waals surface area contributed by atoms with Gasteiger partial charge in [0.05, 0.1) is 24.2 Å². The molecule has 1 atom stereocenters. The van der Waals surface area contributed by atoms with Crippen molar-refractivity contribution < 1.29 is 23.9 Å². The largest absolute Gasteiger partial charge is 0.495 e. The van der Waals surface area contributed by atoms with Crippen LogP contribution < -0.4 is 9.47 Å². The summed E-state index contributed by atoms with van der Waals surface area (Å²) in [5, 5.41) is 0.262. The van der Waals surface area contributed by atoms with Crippen LogP contribution in [0, 0.1) is 0 Å². The summed E-state index contributed by atoms with van der Waals surface area (Å²) in [6.07, 6.45) is -1.05. The number of carbonyl (C=O) groups excluding carboxylic acids is 3. The Morgan fingerprint density at radius 2 is 1.74 bits per heavy atom. The van der Waals surface area contributed by atoms with Gasteiger partial charge >= 0.3 is 0 Å². The molecule has 1 heterocycles. The van der Waals surface area contributed by atoms with Crippen molar-refractivity contribution in [2.75, 3.05) is 13.7 Å². The van der Waals surface area contributed by atoms with Crippen LogP contribution in [-0.2, 0) is 4.79 Å². The zero-order valence-electron chi connectivity index (χ0n) is 16.6. The predicted octanol–water partition coefficient (Wildman–Crippen LogP) is 4.33. The summed E-state index contributed by atoms with van der Waals surface area (Å²) in [4.78, 5) is 40.4. The highest BCUT2D eigenvalue weighted by molar-refractivity contribution is 6.32. The average molecular weight is 436 g/mol. The summed E-state index contributed by atoms with van der Waals surface area (Å²) in [7, 11) is 1.47. The van der Waals surface area contributed by atoms with Crippen LogP contribution in [0.3, 0.4) is 0 Å². The average Bonchev–Trinajstić information content (AvgIpc) is 2.90. The molecule has 3 aromatic rings. The van der Waals surface area contributed by atoms with Gasteiger partial charge < -0.3 is 9.47 Å². The van der Waals surface area contributed by atoms with Gasteiger partial charge in [-0.15, -0.1) is 0 Å². The maximum absolute atomic E-state index is 13.3. The number of ketones is 1. The summed E-state index contributed by atoms with van der Waals surface area (Å²) in [6.45, 7) is -0.443. The minimum Gasteiger partial charge on any atom is -0.495 e. The van der Waals surface area contributed by atoms with Crippen molar-refractivity contribution in [1.29, 1.82) is 0 Å². The van der Waals surface area contributed by atoms with E-state index in [0.717, 1.165) is 4.90 Å². The number of hydrogen-bond donors (Lipinski definition) is 0. The molecule has 6 nitrogen and oxygen atoms in total. The lowest BCUT2D eigenvalue weighted by Crippen LogP contribution is -2.42. The maximum atomic E-state index is 13.3. The summed E-state index contributed by atoms with van der Waals surface area (Å²) in [6, 6.07) is 20.0. The van der Waals surface area contributed by atoms with E-state index >= 15 is 0 Å². The molecule has 31 heavy (non-hydrogen) atoms. The Balaban J connectivity index is 1.71. The number of amides is 2. The van der Waals surface area contributed by atoms with E-state index in [0.29, 0.717) is 11.3 Å². The number of Topliss-reactive ketones (excluding diaryl/α,β-unsaturated/α-hetero) is 1. The highest BCUT2D eigenvalue weighted by Gasteiger charge is 2.38. The van der Waals surface area contributed by atoms with E-state index in [1.165, 1.54) is 13.2 Å². The van der Waals surface area contributed by atoms with Crippen molar-refractivity contribution in [2.45, 2.75) is 6.10 Å². The number of nitrogens with zero attached hydrogens (tertiary/aromatic N) is 1. The molecule has 0 N–H and O–H groups in total. The lowest BCUT2D eigenvalue weighted by molar-refractivity contribution is -0.135. The van der Waals surface area contributed by atoms with Crippen molar-refractivity contribution in [2.24, 2.45) is 0 Å². The Morgan fingerprint density at radius 1 is 1.03 bits per heavy atom. The van der Waals surface area contributed by atoms with E-state index in [1.54, 1.807) is 60.7 Å². The second-order valence-corrected chi connectivity index (χ2v) is 7.31. The molecule has 156 valence electrons. The molecular weight excluding hydrogens is 418 g/mol. The number of carbonyl (C=O) groups is 3. The molecule has 0 saturated carbocycles. The third-order valence-electron chi connectivity index (χ3n) is 4.98. The van der Waals surface area contributed by atoms with Crippen molar-refractivity contribution >= 4 is 29.2 Å². The molecule has 3 aromatic carbocycles. The molecule has 4 rings (SSSR count). The van der Waals surface area contributed by atoms with Gasteiger partial charge in [0.2, 0.25) is 6.10 Å². The normalized spacial score (nSPS) is 15.7. The Bertz CT molecular complexity index is 1160. The van der Waals surface area contributed by atoms with Crippen LogP contribution in [0.5, 0.6) is 11.5 Å². The van der Waals surface area contributed by atoms with E-state index < -0.39 is 30.2 Å². The molecule has 1 aliphatic heterocycles. The monoisotopic (exact) mass is 435 g/mol. The fraction of sp³-hybridized carbons (Fsp3) is 0.125. The number of fused-ring (bicyclic) bond motifs is 1. The molecule has 2 amide bonds. The number of hydrogen-bond acceptors (Lipinski definition) is 5. The zero-order chi connectivity index (χ0) is 22.0. The van der Waals surface area contributed by atoms with Gasteiger partial charge in [0.1, 0.15) is 11.5 Å². The Morgan fingerprint density at radius 3 is 2.45 bits per heavy atom. The second-order valence-electron chi connectivity index (χ2n) is 6.91. The van der Waals surface area contributed by atoms with Gasteiger partial charge in [0, 0.05) is 11.1 Å². The van der Waals surface area contributed by atoms with E-state index in [2.05, 4.69) is 0 Å². The minimum atomic E-state index is -1.05. The lowest BCUT2D eigenvalue weighted by Gasteiger charge is -2.22. The Hall–Kier alpha value is -3.64. The van der Waals surface area contributed by atoms with E-state index in [9.17, 15) is 14.4 Å². The first-order valence-corrected chi connectivity index (χ1v) is 9.90. The summed E-state index contributed by atoms with van der Waals surface area (Å²) in [5.74, 6) is -0.923. The highest BCUT2D eigenvalue weighted by Crippen LogP contribution is 2.32. The topological polar surface area (TPSA) is 72.9 Å². The fourth-order valence-corrected chi connectivity index (χ4v) is 3.63. The summed E-state index contributed by atoms with van der Waals surface area (Å²) in [5.41, 5.74) is 1.07. The quantitative estimate of drug-likeness (QED) is 0.440. The number of benzene rings is 3. The van der Waals surface area contributed by atoms with Crippen LogP contribution in [0.1, 0.15) is 32.4 Å². The van der Waals surface area contributed by atoms with Crippen molar-refractivity contribution in [3.63, 3.8) is 0 Å². The summed E-state index contributed by atoms with van der Waals surface area (Å²) < 4.78 is 11.0. The van der Waals surface area contributed by atoms with Crippen molar-refractivity contribution in [3.8, 4) is 11.5 Å². The van der Waals surface area contributed by atoms with Crippen LogP contribution in [-0.4, -0.2) is 36.2 Å². The van der Waals surface area contributed by atoms with Gasteiger partial charge in [0.25, 0.3) is 11.8 Å². The highest BCUT2D eigenvalue weighted by atomic mass is 35.5. The Kier molecular flexibility index (Phi) is 5.73. The molecule has 0 fully saturated rings. The minimum absolute atomic E-state index is 0.217. The number of para-hydroxylation sites is 1. The van der Waals surface area contributed by atoms with Crippen LogP contribution in [0.25, 0.3) is 0 Å². The standard InChI is InChI=1S/C24H18ClNO5/c1-30-21-12-11-16(13-18(21)25)19(27)14-26-23(28)17-9-5-6-10-20(17)31-22(24(26)29)15-7-3-2-4-8-15/h2-13,22H,14H2,1H3/t22-/m0/s1. The van der Waals surface area contributed by atoms with Crippen molar-refractivity contribution in [1.82, 2.24) is 4.90 Å². The fourth-order valence-electron chi connectivity index (χ4n) is 3.37. The Labute approximate surface area is 184 Å².